The zero-order valence-electron chi connectivity index (χ0n) is 12.4. The van der Waals surface area contributed by atoms with Crippen LogP contribution in [0, 0.1) is 9.72 Å². The summed E-state index contributed by atoms with van der Waals surface area (Å²) in [6.45, 7) is 0. The van der Waals surface area contributed by atoms with E-state index in [4.69, 9.17) is 0 Å². The van der Waals surface area contributed by atoms with Crippen molar-refractivity contribution in [1.29, 1.82) is 0 Å². The predicted molar refractivity (Wildman–Crippen MR) is 98.7 cm³/mol. The molecule has 4 aliphatic rings. The Morgan fingerprint density at radius 2 is 1.67 bits per heavy atom. The van der Waals surface area contributed by atoms with Crippen molar-refractivity contribution in [3.8, 4) is 0 Å². The first-order valence-corrected chi connectivity index (χ1v) is 10.9. The van der Waals surface area contributed by atoms with E-state index in [0.29, 0.717) is 5.54 Å². The average Bonchev–Trinajstić information content (AvgIpc) is 3.29. The van der Waals surface area contributed by atoms with Crippen molar-refractivity contribution >= 4 is 45.7 Å². The Bertz CT molecular complexity index is 526. The first kappa shape index (κ1) is 17.2. The number of hydrogen-bond donors (Lipinski definition) is 0. The van der Waals surface area contributed by atoms with E-state index in [1.54, 1.807) is 0 Å². The first-order chi connectivity index (χ1) is 10.0. The zero-order chi connectivity index (χ0) is 15.0. The number of imidazole rings is 1. The second-order valence-electron chi connectivity index (χ2n) is 6.73. The molecule has 1 heterocycles. The minimum absolute atomic E-state index is 0.593. The smallest absolute Gasteiger partial charge is 0.0408 e. The van der Waals surface area contributed by atoms with Crippen molar-refractivity contribution in [2.75, 3.05) is 0 Å². The van der Waals surface area contributed by atoms with Crippen LogP contribution in [0.3, 0.4) is 0 Å². The van der Waals surface area contributed by atoms with Crippen LogP contribution in [0.4, 0.5) is 0 Å². The molecule has 2 bridgehead atoms. The number of aromatic nitrogens is 2. The number of halogens is 2. The summed E-state index contributed by atoms with van der Waals surface area (Å²) >= 11 is 7.28. The van der Waals surface area contributed by atoms with Crippen LogP contribution in [0.25, 0.3) is 0 Å². The van der Waals surface area contributed by atoms with E-state index < -0.39 is 0 Å². The van der Waals surface area contributed by atoms with Gasteiger partial charge in [0.05, 0.1) is 0 Å². The van der Waals surface area contributed by atoms with Gasteiger partial charge in [0.2, 0.25) is 0 Å². The molecule has 0 unspecified atom stereocenters. The molecule has 5 rings (SSSR count). The van der Waals surface area contributed by atoms with Crippen LogP contribution >= 0.6 is 45.7 Å². The van der Waals surface area contributed by atoms with Gasteiger partial charge in [0.15, 0.2) is 0 Å². The summed E-state index contributed by atoms with van der Waals surface area (Å²) in [5.41, 5.74) is 0.593. The summed E-state index contributed by atoms with van der Waals surface area (Å²) in [6.07, 6.45) is 15.8. The van der Waals surface area contributed by atoms with Crippen molar-refractivity contribution in [2.45, 2.75) is 62.9 Å². The largest absolute Gasteiger partial charge is 0.182 e. The molecule has 4 fully saturated rings. The molecule has 0 amide bonds. The number of fused-ring (bicyclic) bond motifs is 3. The molecule has 0 radical (unpaired) electrons. The van der Waals surface area contributed by atoms with Crippen LogP contribution in [0.1, 0.15) is 57.4 Å². The van der Waals surface area contributed by atoms with E-state index in [9.17, 15) is 0 Å². The maximum absolute atomic E-state index is 2.46. The van der Waals surface area contributed by atoms with Crippen LogP contribution in [-0.4, -0.2) is 16.0 Å². The summed E-state index contributed by atoms with van der Waals surface area (Å²) in [4.78, 5) is 0. The predicted octanol–water partition coefficient (Wildman–Crippen LogP) is 4.95. The number of nitrogens with zero attached hydrogens (tertiary/aromatic N) is 3. The van der Waals surface area contributed by atoms with E-state index in [-0.39, 0.29) is 0 Å². The van der Waals surface area contributed by atoms with Gasteiger partial charge in [0.25, 0.3) is 0 Å². The average molecular weight is 694 g/mol. The second kappa shape index (κ2) is 7.06. The fourth-order valence-corrected chi connectivity index (χ4v) is 5.76. The molecule has 21 heavy (non-hydrogen) atoms. The van der Waals surface area contributed by atoms with Crippen LogP contribution in [-0.2, 0) is 26.4 Å². The first-order valence-electron chi connectivity index (χ1n) is 7.82. The van der Waals surface area contributed by atoms with Crippen LogP contribution in [0.5, 0.6) is 0 Å². The molecule has 0 aromatic carbocycles. The Hall–Kier alpha value is 1.32. The molecule has 0 aliphatic heterocycles. The van der Waals surface area contributed by atoms with Crippen LogP contribution < -0.4 is 0 Å². The number of hydrogen-bond acceptors (Lipinski definition) is 1. The van der Waals surface area contributed by atoms with Gasteiger partial charge in [-0.05, 0) is 44.4 Å². The molecule has 6 heteroatoms. The third-order valence-electron chi connectivity index (χ3n) is 5.27. The van der Waals surface area contributed by atoms with Crippen molar-refractivity contribution in [3.63, 3.8) is 0 Å². The third kappa shape index (κ3) is 3.87. The number of aryl methyl sites for hydroxylation is 1. The van der Waals surface area contributed by atoms with E-state index in [1.807, 2.05) is 0 Å². The molecule has 4 saturated carbocycles. The fourth-order valence-electron chi connectivity index (χ4n) is 3.56. The molecule has 0 spiro atoms. The van der Waals surface area contributed by atoms with Crippen LogP contribution in [0.15, 0.2) is 12.4 Å². The Labute approximate surface area is 166 Å². The van der Waals surface area contributed by atoms with Gasteiger partial charge in [0, 0.05) is 51.3 Å². The molecule has 0 N–H and O–H groups in total. The monoisotopic (exact) mass is 694 g/mol. The summed E-state index contributed by atoms with van der Waals surface area (Å²) in [5, 5.41) is 0. The SMILES string of the molecule is Cn1ccn(C2CC2)[c]1=[Pt].IN(I)C12CCC(CC1)CC2. The van der Waals surface area contributed by atoms with Gasteiger partial charge in [-0.2, -0.15) is 1.33 Å². The third-order valence-corrected chi connectivity index (χ3v) is 8.70. The van der Waals surface area contributed by atoms with Gasteiger partial charge < -0.3 is 0 Å². The Morgan fingerprint density at radius 1 is 1.10 bits per heavy atom. The van der Waals surface area contributed by atoms with Gasteiger partial charge in [-0.15, -0.1) is 0 Å². The Balaban J connectivity index is 0.000000126. The second-order valence-corrected chi connectivity index (χ2v) is 11.5. The molecule has 1 aromatic heterocycles. The maximum Gasteiger partial charge on any atom is 0.0408 e. The normalized spacial score (nSPS) is 31.2. The quantitative estimate of drug-likeness (QED) is 0.316. The van der Waals surface area contributed by atoms with E-state index in [0.717, 1.165) is 12.0 Å². The summed E-state index contributed by atoms with van der Waals surface area (Å²) in [6, 6.07) is 0.814. The van der Waals surface area contributed by atoms with Gasteiger partial charge in [-0.1, -0.05) is 0 Å². The molecular weight excluding hydrogens is 671 g/mol. The number of rotatable bonds is 2. The Kier molecular flexibility index (Phi) is 5.76. The fraction of sp³-hybridized carbons (Fsp3) is 0.800. The molecule has 0 atom stereocenters. The van der Waals surface area contributed by atoms with Gasteiger partial charge in [-0.3, -0.25) is 0 Å². The summed E-state index contributed by atoms with van der Waals surface area (Å²) in [5.74, 6) is 1.09. The van der Waals surface area contributed by atoms with E-state index >= 15 is 0 Å². The minimum atomic E-state index is 0.593. The summed E-state index contributed by atoms with van der Waals surface area (Å²) in [7, 11) is 2.08. The molecule has 4 aliphatic carbocycles. The van der Waals surface area contributed by atoms with Crippen LogP contribution in [0.2, 0.25) is 0 Å². The molecule has 0 saturated heterocycles. The molecule has 3 nitrogen and oxygen atoms in total. The maximum atomic E-state index is 2.46. The van der Waals surface area contributed by atoms with Gasteiger partial charge in [-0.25, -0.2) is 0 Å². The minimum Gasteiger partial charge on any atom is -0.182 e. The Morgan fingerprint density at radius 3 is 2.00 bits per heavy atom. The van der Waals surface area contributed by atoms with Crippen molar-refractivity contribution in [2.24, 2.45) is 13.0 Å². The van der Waals surface area contributed by atoms with Crippen molar-refractivity contribution < 1.29 is 19.4 Å². The standard InChI is InChI=1S/C8H13I2N.C7H10N2.Pt/c9-11(10)8-4-1-7(2-5-8)3-6-8;1-8-4-5-9(6-8)7-2-3-7;/h7H,1-6H2;4-5,7H,2-3H2,1H3;. The topological polar surface area (TPSA) is 13.1 Å². The zero-order valence-corrected chi connectivity index (χ0v) is 19.0. The van der Waals surface area contributed by atoms with Gasteiger partial charge in [0.1, 0.15) is 0 Å². The van der Waals surface area contributed by atoms with Crippen molar-refractivity contribution in [3.05, 3.63) is 16.2 Å². The summed E-state index contributed by atoms with van der Waals surface area (Å²) < 4.78 is 8.25. The van der Waals surface area contributed by atoms with E-state index in [1.165, 1.54) is 55.2 Å². The van der Waals surface area contributed by atoms with Crippen molar-refractivity contribution in [1.82, 2.24) is 10.5 Å². The molecule has 1 aromatic rings. The van der Waals surface area contributed by atoms with E-state index in [2.05, 4.69) is 95.0 Å². The molecular formula is C15H23I2N3Pt. The van der Waals surface area contributed by atoms with Gasteiger partial charge >= 0.3 is 70.6 Å². The molecule has 122 valence electrons.